The predicted octanol–water partition coefficient (Wildman–Crippen LogP) is 1.24. The van der Waals surface area contributed by atoms with Gasteiger partial charge in [0.15, 0.2) is 6.54 Å². The van der Waals surface area contributed by atoms with Crippen molar-refractivity contribution in [2.45, 2.75) is 32.2 Å². The number of carbonyl (C=O) groups is 1. The van der Waals surface area contributed by atoms with Gasteiger partial charge in [0.1, 0.15) is 6.54 Å². The molecule has 1 N–H and O–H groups in total. The molecule has 30 heavy (non-hydrogen) atoms. The van der Waals surface area contributed by atoms with Gasteiger partial charge in [0.2, 0.25) is 10.0 Å². The molecule has 3 rings (SSSR count). The van der Waals surface area contributed by atoms with Crippen LogP contribution >= 0.6 is 0 Å². The summed E-state index contributed by atoms with van der Waals surface area (Å²) in [5, 5.41) is 0. The van der Waals surface area contributed by atoms with Crippen molar-refractivity contribution < 1.29 is 18.1 Å². The smallest absolute Gasteiger partial charge is 0.277 e. The average molecular weight is 431 g/mol. The molecule has 1 fully saturated rings. The summed E-state index contributed by atoms with van der Waals surface area (Å²) in [6.45, 7) is 9.61. The van der Waals surface area contributed by atoms with Crippen LogP contribution in [-0.2, 0) is 21.4 Å². The third kappa shape index (κ3) is 5.28. The zero-order valence-electron chi connectivity index (χ0n) is 18.1. The van der Waals surface area contributed by atoms with E-state index in [1.54, 1.807) is 17.0 Å². The van der Waals surface area contributed by atoms with Gasteiger partial charge in [-0.05, 0) is 44.0 Å². The third-order valence-corrected chi connectivity index (χ3v) is 7.80. The normalized spacial score (nSPS) is 16.4. The average Bonchev–Trinajstić information content (AvgIpc) is 2.75. The standard InChI is InChI=1S/C23H31N3O3S/c1-4-24(17-21-8-6-5-7-9-21)18-23(27)25-12-14-26(15-13-25)30(28,29)22-11-10-19(2)20(3)16-22/h5-11,16H,4,12-15,17-18H2,1-3H3/p+1. The Kier molecular flexibility index (Phi) is 7.28. The maximum atomic E-state index is 13.0. The largest absolute Gasteiger partial charge is 0.335 e. The van der Waals surface area contributed by atoms with Crippen molar-refractivity contribution >= 4 is 15.9 Å². The van der Waals surface area contributed by atoms with Crippen LogP contribution in [0.15, 0.2) is 53.4 Å². The number of rotatable bonds is 7. The second-order valence-electron chi connectivity index (χ2n) is 7.97. The lowest BCUT2D eigenvalue weighted by atomic mass is 10.1. The maximum Gasteiger partial charge on any atom is 0.277 e. The Morgan fingerprint density at radius 2 is 1.63 bits per heavy atom. The number of quaternary nitrogens is 1. The number of aryl methyl sites for hydroxylation is 2. The summed E-state index contributed by atoms with van der Waals surface area (Å²) in [6.07, 6.45) is 0. The third-order valence-electron chi connectivity index (χ3n) is 5.91. The number of benzene rings is 2. The Morgan fingerprint density at radius 3 is 2.23 bits per heavy atom. The highest BCUT2D eigenvalue weighted by molar-refractivity contribution is 7.89. The molecule has 0 aliphatic carbocycles. The van der Waals surface area contributed by atoms with E-state index < -0.39 is 10.0 Å². The van der Waals surface area contributed by atoms with E-state index in [9.17, 15) is 13.2 Å². The van der Waals surface area contributed by atoms with E-state index >= 15 is 0 Å². The second kappa shape index (κ2) is 9.73. The molecule has 7 heteroatoms. The van der Waals surface area contributed by atoms with Crippen molar-refractivity contribution in [3.63, 3.8) is 0 Å². The molecule has 162 valence electrons. The highest BCUT2D eigenvalue weighted by atomic mass is 32.2. The lowest BCUT2D eigenvalue weighted by molar-refractivity contribution is -0.904. The first-order valence-electron chi connectivity index (χ1n) is 10.5. The maximum absolute atomic E-state index is 13.0. The van der Waals surface area contributed by atoms with Gasteiger partial charge < -0.3 is 9.80 Å². The molecular formula is C23H32N3O3S+. The molecule has 2 aromatic rings. The van der Waals surface area contributed by atoms with Crippen molar-refractivity contribution in [1.82, 2.24) is 9.21 Å². The highest BCUT2D eigenvalue weighted by Gasteiger charge is 2.31. The van der Waals surface area contributed by atoms with Gasteiger partial charge in [-0.1, -0.05) is 36.4 Å². The van der Waals surface area contributed by atoms with Crippen LogP contribution in [0.25, 0.3) is 0 Å². The first-order valence-corrected chi connectivity index (χ1v) is 12.0. The lowest BCUT2D eigenvalue weighted by Crippen LogP contribution is -3.11. The molecule has 6 nitrogen and oxygen atoms in total. The molecule has 1 saturated heterocycles. The number of piperazine rings is 1. The summed E-state index contributed by atoms with van der Waals surface area (Å²) >= 11 is 0. The Hall–Kier alpha value is -2.22. The quantitative estimate of drug-likeness (QED) is 0.719. The number of hydrogen-bond donors (Lipinski definition) is 1. The van der Waals surface area contributed by atoms with Crippen LogP contribution in [0.3, 0.4) is 0 Å². The zero-order valence-corrected chi connectivity index (χ0v) is 18.9. The van der Waals surface area contributed by atoms with E-state index in [1.807, 2.05) is 38.1 Å². The van der Waals surface area contributed by atoms with Gasteiger partial charge in [-0.15, -0.1) is 0 Å². The topological polar surface area (TPSA) is 62.1 Å². The van der Waals surface area contributed by atoms with E-state index in [0.29, 0.717) is 37.6 Å². The van der Waals surface area contributed by atoms with E-state index in [2.05, 4.69) is 19.1 Å². The fourth-order valence-corrected chi connectivity index (χ4v) is 5.23. The van der Waals surface area contributed by atoms with Crippen molar-refractivity contribution in [1.29, 1.82) is 0 Å². The molecule has 0 bridgehead atoms. The molecule has 1 heterocycles. The Balaban J connectivity index is 1.57. The zero-order chi connectivity index (χ0) is 21.7. The van der Waals surface area contributed by atoms with Crippen LogP contribution in [0, 0.1) is 13.8 Å². The number of hydrogen-bond acceptors (Lipinski definition) is 3. The van der Waals surface area contributed by atoms with Crippen LogP contribution in [-0.4, -0.2) is 62.8 Å². The summed E-state index contributed by atoms with van der Waals surface area (Å²) in [5.41, 5.74) is 3.25. The minimum absolute atomic E-state index is 0.0889. The minimum Gasteiger partial charge on any atom is -0.335 e. The minimum atomic E-state index is -3.53. The monoisotopic (exact) mass is 430 g/mol. The van der Waals surface area contributed by atoms with Crippen LogP contribution in [0.2, 0.25) is 0 Å². The summed E-state index contributed by atoms with van der Waals surface area (Å²) < 4.78 is 27.4. The molecule has 0 spiro atoms. The van der Waals surface area contributed by atoms with Crippen LogP contribution in [0.1, 0.15) is 23.6 Å². The molecule has 1 aliphatic heterocycles. The van der Waals surface area contributed by atoms with Crippen LogP contribution in [0.4, 0.5) is 0 Å². The second-order valence-corrected chi connectivity index (χ2v) is 9.91. The van der Waals surface area contributed by atoms with Gasteiger partial charge in [-0.3, -0.25) is 4.79 Å². The molecule has 1 atom stereocenters. The molecule has 0 radical (unpaired) electrons. The highest BCUT2D eigenvalue weighted by Crippen LogP contribution is 2.20. The van der Waals surface area contributed by atoms with E-state index in [1.165, 1.54) is 14.8 Å². The number of likely N-dealkylation sites (N-methyl/N-ethyl adjacent to an activating group) is 1. The lowest BCUT2D eigenvalue weighted by Gasteiger charge is -2.34. The van der Waals surface area contributed by atoms with E-state index in [4.69, 9.17) is 0 Å². The van der Waals surface area contributed by atoms with Gasteiger partial charge in [-0.25, -0.2) is 8.42 Å². The Morgan fingerprint density at radius 1 is 0.967 bits per heavy atom. The van der Waals surface area contributed by atoms with Gasteiger partial charge in [0.05, 0.1) is 11.4 Å². The Labute approximate surface area is 180 Å². The van der Waals surface area contributed by atoms with Gasteiger partial charge >= 0.3 is 0 Å². The van der Waals surface area contributed by atoms with Crippen LogP contribution < -0.4 is 4.90 Å². The SMILES string of the molecule is CC[NH+](CC(=O)N1CCN(S(=O)(=O)c2ccc(C)c(C)c2)CC1)Cc1ccccc1. The van der Waals surface area contributed by atoms with Crippen molar-refractivity contribution in [2.75, 3.05) is 39.3 Å². The van der Waals surface area contributed by atoms with Gasteiger partial charge in [0.25, 0.3) is 5.91 Å². The first kappa shape index (κ1) is 22.5. The van der Waals surface area contributed by atoms with Crippen molar-refractivity contribution in [2.24, 2.45) is 0 Å². The summed E-state index contributed by atoms with van der Waals surface area (Å²) in [4.78, 5) is 16.1. The molecular weight excluding hydrogens is 398 g/mol. The summed E-state index contributed by atoms with van der Waals surface area (Å²) in [5.74, 6) is 0.0889. The number of nitrogens with zero attached hydrogens (tertiary/aromatic N) is 2. The number of amides is 1. The van der Waals surface area contributed by atoms with Crippen molar-refractivity contribution in [3.8, 4) is 0 Å². The van der Waals surface area contributed by atoms with E-state index in [0.717, 1.165) is 24.2 Å². The van der Waals surface area contributed by atoms with Crippen molar-refractivity contribution in [3.05, 3.63) is 65.2 Å². The number of sulfonamides is 1. The molecule has 1 aliphatic rings. The fraction of sp³-hybridized carbons (Fsp3) is 0.435. The summed E-state index contributed by atoms with van der Waals surface area (Å²) in [7, 11) is -3.53. The fourth-order valence-electron chi connectivity index (χ4n) is 3.72. The molecule has 0 saturated carbocycles. The Bertz CT molecular complexity index is 968. The van der Waals surface area contributed by atoms with E-state index in [-0.39, 0.29) is 5.91 Å². The number of carbonyl (C=O) groups excluding carboxylic acids is 1. The number of nitrogens with one attached hydrogen (secondary N) is 1. The summed E-state index contributed by atoms with van der Waals surface area (Å²) in [6, 6.07) is 15.4. The van der Waals surface area contributed by atoms with Crippen LogP contribution in [0.5, 0.6) is 0 Å². The molecule has 1 amide bonds. The van der Waals surface area contributed by atoms with Gasteiger partial charge in [-0.2, -0.15) is 4.31 Å². The molecule has 1 unspecified atom stereocenters. The van der Waals surface area contributed by atoms with Gasteiger partial charge in [0, 0.05) is 31.7 Å². The first-order chi connectivity index (χ1) is 14.3. The molecule has 2 aromatic carbocycles. The predicted molar refractivity (Wildman–Crippen MR) is 118 cm³/mol. The molecule has 0 aromatic heterocycles.